The third kappa shape index (κ3) is 6.96. The van der Waals surface area contributed by atoms with E-state index >= 15 is 0 Å². The molecule has 70 heavy (non-hydrogen) atoms. The van der Waals surface area contributed by atoms with Gasteiger partial charge in [-0.15, -0.1) is 0 Å². The quantitative estimate of drug-likeness (QED) is 0.159. The van der Waals surface area contributed by atoms with Crippen LogP contribution in [0.1, 0.15) is 16.7 Å². The SMILES string of the molecule is N#Cc1cc(-c2cc(-n3c4ccccc4c4cc(-c5cccnc5-c5ccccc5)ccc43)c(-n3c4ccccc4c4cc(-c5cccnc5-c5ccccc5)ccc43)cc2C#N)cc(C(F)(F)F)c1. The summed E-state index contributed by atoms with van der Waals surface area (Å²) in [6, 6.07) is 68.0. The monoisotopic (exact) mass is 908 g/mol. The second-order valence-corrected chi connectivity index (χ2v) is 17.1. The zero-order valence-corrected chi connectivity index (χ0v) is 37.0. The molecule has 8 aromatic carbocycles. The van der Waals surface area contributed by atoms with Crippen molar-refractivity contribution < 1.29 is 13.2 Å². The smallest absolute Gasteiger partial charge is 0.307 e. The Labute approximate surface area is 399 Å². The number of fused-ring (bicyclic) bond motifs is 6. The summed E-state index contributed by atoms with van der Waals surface area (Å²) < 4.78 is 47.8. The molecule has 9 heteroatoms. The lowest BCUT2D eigenvalue weighted by atomic mass is 9.94. The molecule has 4 aromatic heterocycles. The van der Waals surface area contributed by atoms with Crippen LogP contribution in [0.15, 0.2) is 213 Å². The van der Waals surface area contributed by atoms with E-state index in [9.17, 15) is 23.7 Å². The van der Waals surface area contributed by atoms with Gasteiger partial charge in [-0.25, -0.2) is 0 Å². The summed E-state index contributed by atoms with van der Waals surface area (Å²) in [5, 5.41) is 24.8. The van der Waals surface area contributed by atoms with Crippen LogP contribution in [0.5, 0.6) is 0 Å². The van der Waals surface area contributed by atoms with Crippen LogP contribution in [0, 0.1) is 22.7 Å². The molecular weight excluding hydrogens is 874 g/mol. The minimum absolute atomic E-state index is 0.0985. The molecule has 0 atom stereocenters. The number of benzene rings is 8. The molecule has 0 aliphatic carbocycles. The van der Waals surface area contributed by atoms with Gasteiger partial charge in [-0.1, -0.05) is 121 Å². The van der Waals surface area contributed by atoms with E-state index in [1.165, 1.54) is 6.07 Å². The van der Waals surface area contributed by atoms with Crippen LogP contribution in [-0.2, 0) is 6.18 Å². The molecule has 0 fully saturated rings. The fraction of sp³-hybridized carbons (Fsp3) is 0.0164. The van der Waals surface area contributed by atoms with Crippen molar-refractivity contribution in [3.63, 3.8) is 0 Å². The summed E-state index contributed by atoms with van der Waals surface area (Å²) >= 11 is 0. The van der Waals surface area contributed by atoms with Gasteiger partial charge in [-0.05, 0) is 95.6 Å². The molecule has 0 amide bonds. The number of halogens is 3. The average molecular weight is 909 g/mol. The van der Waals surface area contributed by atoms with Gasteiger partial charge < -0.3 is 9.13 Å². The van der Waals surface area contributed by atoms with Gasteiger partial charge in [0, 0.05) is 61.8 Å². The Morgan fingerprint density at radius 2 is 0.871 bits per heavy atom. The lowest BCUT2D eigenvalue weighted by Crippen LogP contribution is -2.07. The van der Waals surface area contributed by atoms with Crippen molar-refractivity contribution in [3.8, 4) is 79.4 Å². The van der Waals surface area contributed by atoms with Gasteiger partial charge in [0.15, 0.2) is 0 Å². The Bertz CT molecular complexity index is 4140. The molecule has 0 radical (unpaired) electrons. The highest BCUT2D eigenvalue weighted by atomic mass is 19.4. The third-order valence-electron chi connectivity index (χ3n) is 13.1. The van der Waals surface area contributed by atoms with Crippen molar-refractivity contribution in [2.75, 3.05) is 0 Å². The van der Waals surface area contributed by atoms with Crippen LogP contribution < -0.4 is 0 Å². The van der Waals surface area contributed by atoms with E-state index in [2.05, 4.69) is 75.9 Å². The molecule has 0 bridgehead atoms. The summed E-state index contributed by atoms with van der Waals surface area (Å²) in [6.45, 7) is 0. The zero-order chi connectivity index (χ0) is 47.5. The van der Waals surface area contributed by atoms with E-state index in [-0.39, 0.29) is 22.3 Å². The number of pyridine rings is 2. The highest BCUT2D eigenvalue weighted by Gasteiger charge is 2.32. The predicted molar refractivity (Wildman–Crippen MR) is 272 cm³/mol. The number of aromatic nitrogens is 4. The number of hydrogen-bond acceptors (Lipinski definition) is 4. The van der Waals surface area contributed by atoms with Gasteiger partial charge in [-0.2, -0.15) is 23.7 Å². The van der Waals surface area contributed by atoms with Crippen molar-refractivity contribution in [2.45, 2.75) is 6.18 Å². The van der Waals surface area contributed by atoms with Gasteiger partial charge >= 0.3 is 6.18 Å². The third-order valence-corrected chi connectivity index (χ3v) is 13.1. The molecule has 0 aliphatic heterocycles. The summed E-state index contributed by atoms with van der Waals surface area (Å²) in [7, 11) is 0. The number of rotatable bonds is 7. The first kappa shape index (κ1) is 41.8. The predicted octanol–water partition coefficient (Wildman–Crippen LogP) is 15.8. The van der Waals surface area contributed by atoms with Crippen LogP contribution in [-0.4, -0.2) is 19.1 Å². The average Bonchev–Trinajstić information content (AvgIpc) is 3.92. The van der Waals surface area contributed by atoms with E-state index in [0.717, 1.165) is 101 Å². The molecule has 12 aromatic rings. The maximum Gasteiger partial charge on any atom is 0.416 e. The standard InChI is InChI=1S/C61H35F3N6/c62-61(63,64)45-30-38(36-65)29-43(31-45)50-35-58(70-54-22-10-8-18-49(54)52-33-42(24-26-56(52)70)47-20-12-28-68-60(47)40-15-5-2-6-16-40)57(34-44(50)37-66)69-53-21-9-7-17-48(53)51-32-41(23-25-55(51)69)46-19-11-27-67-59(46)39-13-3-1-4-14-39/h1-35H. The van der Waals surface area contributed by atoms with Crippen molar-refractivity contribution in [2.24, 2.45) is 0 Å². The number of nitrogens with zero attached hydrogens (tertiary/aromatic N) is 6. The van der Waals surface area contributed by atoms with E-state index in [1.807, 2.05) is 115 Å². The zero-order valence-electron chi connectivity index (χ0n) is 37.0. The fourth-order valence-corrected chi connectivity index (χ4v) is 10.0. The Morgan fingerprint density at radius 1 is 0.386 bits per heavy atom. The first-order valence-electron chi connectivity index (χ1n) is 22.6. The topological polar surface area (TPSA) is 83.2 Å². The number of para-hydroxylation sites is 2. The number of nitriles is 2. The lowest BCUT2D eigenvalue weighted by Gasteiger charge is -2.20. The normalized spacial score (nSPS) is 11.6. The van der Waals surface area contributed by atoms with Crippen LogP contribution in [0.25, 0.3) is 111 Å². The van der Waals surface area contributed by atoms with Crippen LogP contribution in [0.4, 0.5) is 13.2 Å². The largest absolute Gasteiger partial charge is 0.416 e. The van der Waals surface area contributed by atoms with E-state index < -0.39 is 11.7 Å². The van der Waals surface area contributed by atoms with Crippen molar-refractivity contribution in [1.82, 2.24) is 19.1 Å². The highest BCUT2D eigenvalue weighted by molar-refractivity contribution is 6.13. The highest BCUT2D eigenvalue weighted by Crippen LogP contribution is 2.44. The molecule has 0 spiro atoms. The minimum Gasteiger partial charge on any atom is -0.307 e. The van der Waals surface area contributed by atoms with Crippen molar-refractivity contribution in [1.29, 1.82) is 10.5 Å². The fourth-order valence-electron chi connectivity index (χ4n) is 10.0. The molecule has 6 nitrogen and oxygen atoms in total. The first-order chi connectivity index (χ1) is 34.3. The first-order valence-corrected chi connectivity index (χ1v) is 22.6. The molecule has 0 saturated carbocycles. The lowest BCUT2D eigenvalue weighted by molar-refractivity contribution is -0.137. The second kappa shape index (κ2) is 16.6. The van der Waals surface area contributed by atoms with Crippen LogP contribution >= 0.6 is 0 Å². The van der Waals surface area contributed by atoms with Gasteiger partial charge in [0.2, 0.25) is 0 Å². The molecule has 4 heterocycles. The van der Waals surface area contributed by atoms with Crippen LogP contribution in [0.2, 0.25) is 0 Å². The number of hydrogen-bond donors (Lipinski definition) is 0. The summed E-state index contributed by atoms with van der Waals surface area (Å²) in [5.41, 5.74) is 11.5. The summed E-state index contributed by atoms with van der Waals surface area (Å²) in [5.74, 6) is 0. The molecule has 0 N–H and O–H groups in total. The van der Waals surface area contributed by atoms with E-state index in [4.69, 9.17) is 9.97 Å². The minimum atomic E-state index is -4.74. The van der Waals surface area contributed by atoms with Gasteiger partial charge in [0.1, 0.15) is 0 Å². The van der Waals surface area contributed by atoms with Crippen molar-refractivity contribution >= 4 is 43.6 Å². The molecule has 0 aliphatic rings. The Morgan fingerprint density at radius 3 is 1.37 bits per heavy atom. The van der Waals surface area contributed by atoms with Crippen molar-refractivity contribution in [3.05, 3.63) is 229 Å². The maximum absolute atomic E-state index is 14.5. The second-order valence-electron chi connectivity index (χ2n) is 17.1. The molecule has 330 valence electrons. The molecule has 0 unspecified atom stereocenters. The number of alkyl halides is 3. The van der Waals surface area contributed by atoms with E-state index in [0.29, 0.717) is 11.4 Å². The van der Waals surface area contributed by atoms with Gasteiger partial charge in [0.25, 0.3) is 0 Å². The molecule has 0 saturated heterocycles. The Balaban J connectivity index is 1.16. The summed E-state index contributed by atoms with van der Waals surface area (Å²) in [4.78, 5) is 9.62. The Hall–Kier alpha value is -9.57. The van der Waals surface area contributed by atoms with Gasteiger partial charge in [0.05, 0.1) is 73.7 Å². The molecule has 12 rings (SSSR count). The van der Waals surface area contributed by atoms with Crippen LogP contribution in [0.3, 0.4) is 0 Å². The Kier molecular flexibility index (Phi) is 9.94. The summed E-state index contributed by atoms with van der Waals surface area (Å²) in [6.07, 6.45) is -1.15. The maximum atomic E-state index is 14.5. The molecular formula is C61H35F3N6. The van der Waals surface area contributed by atoms with E-state index in [1.54, 1.807) is 24.5 Å². The van der Waals surface area contributed by atoms with Gasteiger partial charge in [-0.3, -0.25) is 9.97 Å².